The third-order valence-electron chi connectivity index (χ3n) is 5.32. The van der Waals surface area contributed by atoms with Crippen LogP contribution in [0.2, 0.25) is 0 Å². The zero-order chi connectivity index (χ0) is 20.3. The number of methoxy groups -OCH3 is 1. The van der Waals surface area contributed by atoms with Crippen LogP contribution in [-0.4, -0.2) is 42.8 Å². The van der Waals surface area contributed by atoms with Crippen LogP contribution in [0.1, 0.15) is 33.3 Å². The van der Waals surface area contributed by atoms with Crippen molar-refractivity contribution in [2.45, 2.75) is 39.2 Å². The van der Waals surface area contributed by atoms with Gasteiger partial charge < -0.3 is 19.9 Å². The van der Waals surface area contributed by atoms with Crippen LogP contribution in [0, 0.1) is 0 Å². The molecule has 1 N–H and O–H groups in total. The predicted molar refractivity (Wildman–Crippen MR) is 123 cm³/mol. The van der Waals surface area contributed by atoms with Gasteiger partial charge in [0.25, 0.3) is 0 Å². The molecule has 2 aromatic carbocycles. The number of hydrogen-bond donors (Lipinski definition) is 1. The van der Waals surface area contributed by atoms with Gasteiger partial charge in [-0.1, -0.05) is 32.9 Å². The fraction of sp³-hybridized carbons (Fsp3) is 0.435. The molecule has 1 atom stereocenters. The number of piperazine rings is 1. The minimum Gasteiger partial charge on any atom is -0.497 e. The first kappa shape index (κ1) is 20.5. The van der Waals surface area contributed by atoms with Crippen LogP contribution in [0.5, 0.6) is 5.75 Å². The molecule has 0 spiro atoms. The largest absolute Gasteiger partial charge is 0.497 e. The molecule has 0 radical (unpaired) electrons. The Morgan fingerprint density at radius 3 is 2.21 bits per heavy atom. The summed E-state index contributed by atoms with van der Waals surface area (Å²) >= 11 is 5.68. The lowest BCUT2D eigenvalue weighted by Gasteiger charge is -2.42. The molecule has 1 fully saturated rings. The number of ether oxygens (including phenoxy) is 1. The molecule has 150 valence electrons. The smallest absolute Gasteiger partial charge is 0.173 e. The van der Waals surface area contributed by atoms with Crippen molar-refractivity contribution in [2.24, 2.45) is 0 Å². The summed E-state index contributed by atoms with van der Waals surface area (Å²) in [7, 11) is 1.70. The average Bonchev–Trinajstić information content (AvgIpc) is 2.68. The summed E-state index contributed by atoms with van der Waals surface area (Å²) in [5, 5.41) is 4.20. The number of thiocarbonyl (C=S) groups is 1. The van der Waals surface area contributed by atoms with E-state index in [4.69, 9.17) is 17.0 Å². The van der Waals surface area contributed by atoms with Gasteiger partial charge in [0, 0.05) is 37.1 Å². The van der Waals surface area contributed by atoms with E-state index in [1.54, 1.807) is 7.11 Å². The third-order valence-corrected chi connectivity index (χ3v) is 5.68. The molecule has 0 aliphatic carbocycles. The maximum absolute atomic E-state index is 5.68. The van der Waals surface area contributed by atoms with E-state index in [9.17, 15) is 0 Å². The first-order valence-electron chi connectivity index (χ1n) is 9.85. The second kappa shape index (κ2) is 8.39. The topological polar surface area (TPSA) is 27.7 Å². The van der Waals surface area contributed by atoms with Gasteiger partial charge in [-0.15, -0.1) is 0 Å². The summed E-state index contributed by atoms with van der Waals surface area (Å²) < 4.78 is 5.26. The molecule has 28 heavy (non-hydrogen) atoms. The number of benzene rings is 2. The molecule has 5 heteroatoms. The second-order valence-corrected chi connectivity index (χ2v) is 8.83. The van der Waals surface area contributed by atoms with Crippen LogP contribution in [0.3, 0.4) is 0 Å². The lowest BCUT2D eigenvalue weighted by molar-refractivity contribution is 0.342. The molecule has 3 rings (SSSR count). The van der Waals surface area contributed by atoms with Crippen molar-refractivity contribution >= 4 is 28.7 Å². The summed E-state index contributed by atoms with van der Waals surface area (Å²) in [4.78, 5) is 4.69. The molecule has 0 saturated carbocycles. The molecule has 0 amide bonds. The van der Waals surface area contributed by atoms with E-state index in [-0.39, 0.29) is 5.41 Å². The quantitative estimate of drug-likeness (QED) is 0.744. The van der Waals surface area contributed by atoms with E-state index in [1.807, 2.05) is 12.1 Å². The summed E-state index contributed by atoms with van der Waals surface area (Å²) in [5.41, 5.74) is 3.75. The molecule has 0 bridgehead atoms. The zero-order valence-corrected chi connectivity index (χ0v) is 18.3. The van der Waals surface area contributed by atoms with E-state index >= 15 is 0 Å². The molecule has 1 unspecified atom stereocenters. The normalized spacial score (nSPS) is 17.4. The van der Waals surface area contributed by atoms with Crippen molar-refractivity contribution in [1.29, 1.82) is 0 Å². The minimum atomic E-state index is 0.159. The molecular weight excluding hydrogens is 366 g/mol. The number of hydrogen-bond acceptors (Lipinski definition) is 3. The number of anilines is 2. The Bertz CT molecular complexity index is 796. The van der Waals surface area contributed by atoms with Crippen molar-refractivity contribution in [3.05, 3.63) is 54.1 Å². The van der Waals surface area contributed by atoms with Gasteiger partial charge in [0.2, 0.25) is 0 Å². The Morgan fingerprint density at radius 2 is 1.68 bits per heavy atom. The van der Waals surface area contributed by atoms with E-state index in [2.05, 4.69) is 79.2 Å². The monoisotopic (exact) mass is 397 g/mol. The van der Waals surface area contributed by atoms with Gasteiger partial charge in [-0.05, 0) is 66.5 Å². The molecule has 0 aromatic heterocycles. The highest BCUT2D eigenvalue weighted by molar-refractivity contribution is 7.80. The Morgan fingerprint density at radius 1 is 1.04 bits per heavy atom. The molecule has 1 saturated heterocycles. The van der Waals surface area contributed by atoms with E-state index < -0.39 is 0 Å². The summed E-state index contributed by atoms with van der Waals surface area (Å²) in [6, 6.07) is 17.2. The Balaban J connectivity index is 1.59. The van der Waals surface area contributed by atoms with E-state index in [0.29, 0.717) is 6.04 Å². The van der Waals surface area contributed by atoms with Crippen LogP contribution in [0.25, 0.3) is 0 Å². The van der Waals surface area contributed by atoms with Gasteiger partial charge in [-0.25, -0.2) is 0 Å². The summed E-state index contributed by atoms with van der Waals surface area (Å²) in [6.45, 7) is 11.7. The lowest BCUT2D eigenvalue weighted by atomic mass is 9.87. The van der Waals surface area contributed by atoms with Gasteiger partial charge in [-0.2, -0.15) is 0 Å². The average molecular weight is 398 g/mol. The fourth-order valence-corrected chi connectivity index (χ4v) is 3.84. The maximum atomic E-state index is 5.68. The molecular formula is C23H31N3OS. The van der Waals surface area contributed by atoms with Crippen LogP contribution < -0.4 is 15.0 Å². The predicted octanol–water partition coefficient (Wildman–Crippen LogP) is 4.90. The highest BCUT2D eigenvalue weighted by Gasteiger charge is 2.25. The summed E-state index contributed by atoms with van der Waals surface area (Å²) in [6.07, 6.45) is 0. The Kier molecular flexibility index (Phi) is 6.14. The van der Waals surface area contributed by atoms with Crippen LogP contribution in [-0.2, 0) is 5.41 Å². The molecule has 1 aliphatic heterocycles. The van der Waals surface area contributed by atoms with Crippen molar-refractivity contribution < 1.29 is 4.74 Å². The van der Waals surface area contributed by atoms with Crippen molar-refractivity contribution in [2.75, 3.05) is 37.0 Å². The number of rotatable bonds is 3. The first-order valence-corrected chi connectivity index (χ1v) is 10.3. The van der Waals surface area contributed by atoms with E-state index in [1.165, 1.54) is 11.3 Å². The number of nitrogens with zero attached hydrogens (tertiary/aromatic N) is 2. The second-order valence-electron chi connectivity index (χ2n) is 8.44. The maximum Gasteiger partial charge on any atom is 0.173 e. The lowest BCUT2D eigenvalue weighted by Crippen LogP contribution is -2.54. The van der Waals surface area contributed by atoms with Crippen molar-refractivity contribution in [3.8, 4) is 5.75 Å². The van der Waals surface area contributed by atoms with Crippen LogP contribution >= 0.6 is 12.2 Å². The Hall–Kier alpha value is -2.27. The van der Waals surface area contributed by atoms with Crippen LogP contribution in [0.15, 0.2) is 48.5 Å². The molecule has 1 aliphatic rings. The standard InChI is InChI=1S/C23H31N3OS/c1-17-16-25(14-15-26(17)20-10-12-21(27-5)13-11-20)22(28)24-19-8-6-18(7-9-19)23(2,3)4/h6-13,17H,14-16H2,1-5H3,(H,24,28). The highest BCUT2D eigenvalue weighted by Crippen LogP contribution is 2.25. The van der Waals surface area contributed by atoms with E-state index in [0.717, 1.165) is 36.2 Å². The Labute approximate surface area is 174 Å². The van der Waals surface area contributed by atoms with Gasteiger partial charge in [0.05, 0.1) is 7.11 Å². The van der Waals surface area contributed by atoms with Gasteiger partial charge >= 0.3 is 0 Å². The van der Waals surface area contributed by atoms with Gasteiger partial charge in [0.15, 0.2) is 5.11 Å². The first-order chi connectivity index (χ1) is 13.3. The number of nitrogens with one attached hydrogen (secondary N) is 1. The fourth-order valence-electron chi connectivity index (χ4n) is 3.56. The highest BCUT2D eigenvalue weighted by atomic mass is 32.1. The van der Waals surface area contributed by atoms with Crippen molar-refractivity contribution in [3.63, 3.8) is 0 Å². The van der Waals surface area contributed by atoms with Gasteiger partial charge in [0.1, 0.15) is 5.75 Å². The summed E-state index contributed by atoms with van der Waals surface area (Å²) in [5.74, 6) is 0.887. The zero-order valence-electron chi connectivity index (χ0n) is 17.5. The molecule has 2 aromatic rings. The van der Waals surface area contributed by atoms with Crippen molar-refractivity contribution in [1.82, 2.24) is 4.90 Å². The minimum absolute atomic E-state index is 0.159. The molecule has 1 heterocycles. The van der Waals surface area contributed by atoms with Crippen LogP contribution in [0.4, 0.5) is 11.4 Å². The third kappa shape index (κ3) is 4.76. The molecule has 4 nitrogen and oxygen atoms in total. The SMILES string of the molecule is COc1ccc(N2CCN(C(=S)Nc3ccc(C(C)(C)C)cc3)CC2C)cc1. The van der Waals surface area contributed by atoms with Gasteiger partial charge in [-0.3, -0.25) is 0 Å².